The average molecular weight is 456 g/mol. The van der Waals surface area contributed by atoms with Crippen molar-refractivity contribution in [3.63, 3.8) is 0 Å². The molecule has 1 unspecified atom stereocenters. The Morgan fingerprint density at radius 3 is 2.40 bits per heavy atom. The van der Waals surface area contributed by atoms with Crippen LogP contribution < -0.4 is 5.32 Å². The number of nitrogens with zero attached hydrogens (tertiary/aromatic N) is 4. The van der Waals surface area contributed by atoms with Crippen LogP contribution in [0.1, 0.15) is 23.6 Å². The molecule has 35 heavy (non-hydrogen) atoms. The molecule has 6 rings (SSSR count). The van der Waals surface area contributed by atoms with Gasteiger partial charge in [0.15, 0.2) is 5.82 Å². The lowest BCUT2D eigenvalue weighted by Gasteiger charge is -2.21. The number of anilines is 1. The Labute approximate surface area is 204 Å². The zero-order valence-corrected chi connectivity index (χ0v) is 19.3. The number of aryl methyl sites for hydroxylation is 1. The summed E-state index contributed by atoms with van der Waals surface area (Å²) < 4.78 is 1.99. The number of nitrogens with one attached hydrogen (secondary N) is 1. The van der Waals surface area contributed by atoms with E-state index in [4.69, 9.17) is 9.97 Å². The van der Waals surface area contributed by atoms with Gasteiger partial charge in [0.25, 0.3) is 0 Å². The van der Waals surface area contributed by atoms with Crippen molar-refractivity contribution >= 4 is 22.4 Å². The van der Waals surface area contributed by atoms with Gasteiger partial charge in [-0.1, -0.05) is 72.8 Å². The Hall–Kier alpha value is -4.51. The van der Waals surface area contributed by atoms with Gasteiger partial charge in [-0.05, 0) is 48.2 Å². The summed E-state index contributed by atoms with van der Waals surface area (Å²) in [7, 11) is 0. The van der Waals surface area contributed by atoms with Gasteiger partial charge in [0.05, 0.1) is 11.6 Å². The molecule has 6 aromatic rings. The first-order valence-corrected chi connectivity index (χ1v) is 11.9. The van der Waals surface area contributed by atoms with E-state index in [1.54, 1.807) is 6.20 Å². The third-order valence-electron chi connectivity index (χ3n) is 6.33. The van der Waals surface area contributed by atoms with Crippen molar-refractivity contribution in [3.05, 3.63) is 127 Å². The zero-order valence-electron chi connectivity index (χ0n) is 19.3. The molecule has 0 saturated carbocycles. The monoisotopic (exact) mass is 455 g/mol. The predicted molar refractivity (Wildman–Crippen MR) is 141 cm³/mol. The molecule has 0 radical (unpaired) electrons. The average Bonchev–Trinajstić information content (AvgIpc) is 3.40. The molecule has 0 aliphatic rings. The van der Waals surface area contributed by atoms with Crippen LogP contribution in [0.25, 0.3) is 27.9 Å². The minimum absolute atomic E-state index is 0.110. The minimum Gasteiger partial charge on any atom is -0.363 e. The summed E-state index contributed by atoms with van der Waals surface area (Å²) in [5, 5.41) is 4.80. The van der Waals surface area contributed by atoms with Crippen LogP contribution in [0, 0.1) is 0 Å². The zero-order chi connectivity index (χ0) is 23.5. The molecule has 5 nitrogen and oxygen atoms in total. The van der Waals surface area contributed by atoms with Gasteiger partial charge >= 0.3 is 0 Å². The highest BCUT2D eigenvalue weighted by Gasteiger charge is 2.16. The van der Waals surface area contributed by atoms with E-state index in [0.29, 0.717) is 5.82 Å². The van der Waals surface area contributed by atoms with Gasteiger partial charge in [0, 0.05) is 29.5 Å². The summed E-state index contributed by atoms with van der Waals surface area (Å²) in [6.45, 7) is 0. The van der Waals surface area contributed by atoms with E-state index < -0.39 is 0 Å². The summed E-state index contributed by atoms with van der Waals surface area (Å²) >= 11 is 0. The standard InChI is InChI=1S/C30H25N5/c1-3-9-22(10-4-1)15-17-26(23-11-5-2-6-12-23)32-30-25-13-7-8-14-27(25)33-29(34-30)24-16-18-28-31-19-20-35(28)21-24/h1-14,16,18-21,26H,15,17H2,(H,32,33,34). The molecule has 170 valence electrons. The smallest absolute Gasteiger partial charge is 0.163 e. The van der Waals surface area contributed by atoms with Crippen LogP contribution in [0.3, 0.4) is 0 Å². The molecule has 0 saturated heterocycles. The number of pyridine rings is 1. The number of hydrogen-bond donors (Lipinski definition) is 1. The van der Waals surface area contributed by atoms with Crippen molar-refractivity contribution < 1.29 is 0 Å². The quantitative estimate of drug-likeness (QED) is 0.290. The molecule has 0 aliphatic heterocycles. The first kappa shape index (κ1) is 21.1. The number of aromatic nitrogens is 4. The van der Waals surface area contributed by atoms with Crippen LogP contribution in [-0.4, -0.2) is 19.4 Å². The van der Waals surface area contributed by atoms with Crippen LogP contribution in [0.5, 0.6) is 0 Å². The second-order valence-corrected chi connectivity index (χ2v) is 8.66. The third-order valence-corrected chi connectivity index (χ3v) is 6.33. The number of fused-ring (bicyclic) bond motifs is 2. The van der Waals surface area contributed by atoms with Gasteiger partial charge in [-0.15, -0.1) is 0 Å². The molecular formula is C30H25N5. The second kappa shape index (κ2) is 9.39. The molecule has 0 spiro atoms. The number of benzene rings is 3. The number of imidazole rings is 1. The van der Waals surface area contributed by atoms with Gasteiger partial charge in [-0.3, -0.25) is 0 Å². The molecule has 1 N–H and O–H groups in total. The summed E-state index contributed by atoms with van der Waals surface area (Å²) in [4.78, 5) is 14.3. The van der Waals surface area contributed by atoms with Gasteiger partial charge in [-0.2, -0.15) is 0 Å². The fourth-order valence-corrected chi connectivity index (χ4v) is 4.50. The van der Waals surface area contributed by atoms with E-state index in [0.717, 1.165) is 40.8 Å². The molecule has 3 aromatic carbocycles. The molecule has 0 aliphatic carbocycles. The van der Waals surface area contributed by atoms with Gasteiger partial charge in [0.2, 0.25) is 0 Å². The van der Waals surface area contributed by atoms with Crippen LogP contribution in [-0.2, 0) is 6.42 Å². The molecular weight excluding hydrogens is 430 g/mol. The van der Waals surface area contributed by atoms with E-state index in [2.05, 4.69) is 77.0 Å². The lowest BCUT2D eigenvalue weighted by molar-refractivity contribution is 0.690. The highest BCUT2D eigenvalue weighted by molar-refractivity contribution is 5.90. The maximum absolute atomic E-state index is 5.03. The van der Waals surface area contributed by atoms with E-state index in [-0.39, 0.29) is 6.04 Å². The second-order valence-electron chi connectivity index (χ2n) is 8.66. The summed E-state index contributed by atoms with van der Waals surface area (Å²) in [6.07, 6.45) is 7.68. The Bertz CT molecular complexity index is 1570. The molecule has 0 bridgehead atoms. The van der Waals surface area contributed by atoms with Gasteiger partial charge in [0.1, 0.15) is 11.5 Å². The maximum atomic E-state index is 5.03. The van der Waals surface area contributed by atoms with Crippen LogP contribution >= 0.6 is 0 Å². The Kier molecular flexibility index (Phi) is 5.65. The van der Waals surface area contributed by atoms with Crippen molar-refractivity contribution in [1.82, 2.24) is 19.4 Å². The fraction of sp³-hybridized carbons (Fsp3) is 0.100. The SMILES string of the molecule is c1ccc(CCC(Nc2nc(-c3ccc4nccn4c3)nc3ccccc23)c2ccccc2)cc1. The highest BCUT2D eigenvalue weighted by atomic mass is 15.1. The highest BCUT2D eigenvalue weighted by Crippen LogP contribution is 2.30. The molecule has 1 atom stereocenters. The molecule has 0 fully saturated rings. The molecule has 0 amide bonds. The normalized spacial score (nSPS) is 12.1. The van der Waals surface area contributed by atoms with Gasteiger partial charge in [-0.25, -0.2) is 15.0 Å². The van der Waals surface area contributed by atoms with Gasteiger partial charge < -0.3 is 9.72 Å². The van der Waals surface area contributed by atoms with Crippen molar-refractivity contribution in [2.75, 3.05) is 5.32 Å². The summed E-state index contributed by atoms with van der Waals surface area (Å²) in [5.74, 6) is 1.54. The number of para-hydroxylation sites is 1. The van der Waals surface area contributed by atoms with Crippen LogP contribution in [0.4, 0.5) is 5.82 Å². The largest absolute Gasteiger partial charge is 0.363 e. The fourth-order valence-electron chi connectivity index (χ4n) is 4.50. The van der Waals surface area contributed by atoms with E-state index in [1.165, 1.54) is 11.1 Å². The molecule has 5 heteroatoms. The first-order valence-electron chi connectivity index (χ1n) is 11.9. The maximum Gasteiger partial charge on any atom is 0.163 e. The Morgan fingerprint density at radius 2 is 1.54 bits per heavy atom. The first-order chi connectivity index (χ1) is 17.3. The van der Waals surface area contributed by atoms with E-state index >= 15 is 0 Å². The Balaban J connectivity index is 1.40. The van der Waals surface area contributed by atoms with Crippen LogP contribution in [0.15, 0.2) is 116 Å². The van der Waals surface area contributed by atoms with Crippen LogP contribution in [0.2, 0.25) is 0 Å². The predicted octanol–water partition coefficient (Wildman–Crippen LogP) is 6.73. The van der Waals surface area contributed by atoms with E-state index in [1.807, 2.05) is 47.1 Å². The van der Waals surface area contributed by atoms with E-state index in [9.17, 15) is 0 Å². The lowest BCUT2D eigenvalue weighted by atomic mass is 9.98. The lowest BCUT2D eigenvalue weighted by Crippen LogP contribution is -2.14. The third kappa shape index (κ3) is 4.49. The number of rotatable bonds is 7. The summed E-state index contributed by atoms with van der Waals surface area (Å²) in [6, 6.07) is 33.6. The molecule has 3 aromatic heterocycles. The van der Waals surface area contributed by atoms with Crippen molar-refractivity contribution in [2.45, 2.75) is 18.9 Å². The number of hydrogen-bond acceptors (Lipinski definition) is 4. The Morgan fingerprint density at radius 1 is 0.771 bits per heavy atom. The summed E-state index contributed by atoms with van der Waals surface area (Å²) in [5.41, 5.74) is 5.34. The van der Waals surface area contributed by atoms with Crippen molar-refractivity contribution in [3.8, 4) is 11.4 Å². The molecule has 3 heterocycles. The minimum atomic E-state index is 0.110. The topological polar surface area (TPSA) is 55.1 Å². The van der Waals surface area contributed by atoms with Crippen molar-refractivity contribution in [1.29, 1.82) is 0 Å². The van der Waals surface area contributed by atoms with Crippen molar-refractivity contribution in [2.24, 2.45) is 0 Å².